The van der Waals surface area contributed by atoms with Crippen LogP contribution in [0.2, 0.25) is 0 Å². The summed E-state index contributed by atoms with van der Waals surface area (Å²) in [7, 11) is -2.24. The van der Waals surface area contributed by atoms with E-state index in [0.717, 1.165) is 4.31 Å². The van der Waals surface area contributed by atoms with Gasteiger partial charge >= 0.3 is 0 Å². The van der Waals surface area contributed by atoms with Crippen molar-refractivity contribution in [3.05, 3.63) is 46.6 Å². The number of halogens is 1. The van der Waals surface area contributed by atoms with Crippen molar-refractivity contribution >= 4 is 37.5 Å². The molecule has 0 radical (unpaired) electrons. The fourth-order valence-corrected chi connectivity index (χ4v) is 3.81. The summed E-state index contributed by atoms with van der Waals surface area (Å²) >= 11 is 3.27. The lowest BCUT2D eigenvalue weighted by atomic mass is 10.2. The molecule has 0 saturated carbocycles. The highest BCUT2D eigenvalue weighted by molar-refractivity contribution is 9.10. The molecule has 0 aliphatic heterocycles. The SMILES string of the molecule is Cc1c(N)cc(Br)cc1S(=O)(=O)N(C)c1ccccn1. The maximum atomic E-state index is 12.7. The molecule has 0 unspecified atom stereocenters. The fraction of sp³-hybridized carbons (Fsp3) is 0.154. The van der Waals surface area contributed by atoms with Crippen LogP contribution in [0.1, 0.15) is 5.56 Å². The van der Waals surface area contributed by atoms with Crippen LogP contribution in [0, 0.1) is 6.92 Å². The zero-order chi connectivity index (χ0) is 14.9. The average molecular weight is 356 g/mol. The molecule has 0 atom stereocenters. The molecule has 2 rings (SSSR count). The van der Waals surface area contributed by atoms with Crippen LogP contribution in [0.15, 0.2) is 45.9 Å². The quantitative estimate of drug-likeness (QED) is 0.858. The summed E-state index contributed by atoms with van der Waals surface area (Å²) in [6.45, 7) is 1.68. The Morgan fingerprint density at radius 1 is 1.30 bits per heavy atom. The van der Waals surface area contributed by atoms with Crippen molar-refractivity contribution in [1.82, 2.24) is 4.98 Å². The summed E-state index contributed by atoms with van der Waals surface area (Å²) in [6.07, 6.45) is 1.55. The van der Waals surface area contributed by atoms with E-state index < -0.39 is 10.0 Å². The van der Waals surface area contributed by atoms with Gasteiger partial charge in [0.1, 0.15) is 5.82 Å². The van der Waals surface area contributed by atoms with Gasteiger partial charge in [0.05, 0.1) is 4.90 Å². The van der Waals surface area contributed by atoms with E-state index in [1.165, 1.54) is 7.05 Å². The Bertz CT molecular complexity index is 733. The minimum atomic E-state index is -3.71. The number of sulfonamides is 1. The summed E-state index contributed by atoms with van der Waals surface area (Å²) in [6, 6.07) is 8.31. The first-order valence-electron chi connectivity index (χ1n) is 5.79. The molecule has 0 fully saturated rings. The van der Waals surface area contributed by atoms with Crippen LogP contribution in [0.3, 0.4) is 0 Å². The molecule has 0 amide bonds. The zero-order valence-electron chi connectivity index (χ0n) is 11.0. The van der Waals surface area contributed by atoms with Crippen LogP contribution in [0.4, 0.5) is 11.5 Å². The van der Waals surface area contributed by atoms with Crippen molar-refractivity contribution in [2.24, 2.45) is 0 Å². The van der Waals surface area contributed by atoms with Crippen LogP contribution >= 0.6 is 15.9 Å². The monoisotopic (exact) mass is 355 g/mol. The summed E-state index contributed by atoms with van der Waals surface area (Å²) in [5.41, 5.74) is 6.78. The standard InChI is InChI=1S/C13H14BrN3O2S/c1-9-11(15)7-10(14)8-12(9)20(18,19)17(2)13-5-3-4-6-16-13/h3-8H,15H2,1-2H3. The predicted octanol–water partition coefficient (Wildman–Crippen LogP) is 2.56. The first-order valence-corrected chi connectivity index (χ1v) is 8.03. The summed E-state index contributed by atoms with van der Waals surface area (Å²) < 4.78 is 27.1. The number of nitrogen functional groups attached to an aromatic ring is 1. The zero-order valence-corrected chi connectivity index (χ0v) is 13.4. The molecule has 1 aromatic heterocycles. The highest BCUT2D eigenvalue weighted by Gasteiger charge is 2.25. The van der Waals surface area contributed by atoms with Crippen LogP contribution in [-0.2, 0) is 10.0 Å². The van der Waals surface area contributed by atoms with Gasteiger partial charge in [0.2, 0.25) is 0 Å². The van der Waals surface area contributed by atoms with Gasteiger partial charge in [0.25, 0.3) is 10.0 Å². The van der Waals surface area contributed by atoms with Gasteiger partial charge in [-0.15, -0.1) is 0 Å². The number of pyridine rings is 1. The summed E-state index contributed by atoms with van der Waals surface area (Å²) in [4.78, 5) is 4.21. The fourth-order valence-electron chi connectivity index (χ4n) is 1.75. The molecule has 0 bridgehead atoms. The van der Waals surface area contributed by atoms with Crippen LogP contribution in [0.5, 0.6) is 0 Å². The van der Waals surface area contributed by atoms with E-state index in [0.29, 0.717) is 21.5 Å². The Morgan fingerprint density at radius 2 is 2.00 bits per heavy atom. The third-order valence-corrected chi connectivity index (χ3v) is 5.32. The Hall–Kier alpha value is -1.60. The number of rotatable bonds is 3. The molecule has 0 saturated heterocycles. The third-order valence-electron chi connectivity index (χ3n) is 2.98. The number of anilines is 2. The number of nitrogens with two attached hydrogens (primary N) is 1. The highest BCUT2D eigenvalue weighted by atomic mass is 79.9. The highest BCUT2D eigenvalue weighted by Crippen LogP contribution is 2.29. The molecule has 0 aliphatic carbocycles. The maximum absolute atomic E-state index is 12.7. The van der Waals surface area contributed by atoms with Crippen LogP contribution in [-0.4, -0.2) is 20.4 Å². The second kappa shape index (κ2) is 5.41. The van der Waals surface area contributed by atoms with Crippen molar-refractivity contribution in [3.63, 3.8) is 0 Å². The van der Waals surface area contributed by atoms with Crippen molar-refractivity contribution in [2.75, 3.05) is 17.1 Å². The molecule has 2 aromatic rings. The van der Waals surface area contributed by atoms with Gasteiger partial charge in [-0.25, -0.2) is 13.4 Å². The van der Waals surface area contributed by atoms with E-state index in [1.807, 2.05) is 0 Å². The van der Waals surface area contributed by atoms with Crippen LogP contribution in [0.25, 0.3) is 0 Å². The maximum Gasteiger partial charge on any atom is 0.265 e. The van der Waals surface area contributed by atoms with E-state index >= 15 is 0 Å². The first kappa shape index (κ1) is 14.8. The van der Waals surface area contributed by atoms with Gasteiger partial charge in [-0.05, 0) is 36.8 Å². The normalized spacial score (nSPS) is 11.3. The predicted molar refractivity (Wildman–Crippen MR) is 83.1 cm³/mol. The Labute approximate surface area is 126 Å². The minimum absolute atomic E-state index is 0.164. The van der Waals surface area contributed by atoms with E-state index in [4.69, 9.17) is 5.73 Å². The van der Waals surface area contributed by atoms with Crippen molar-refractivity contribution < 1.29 is 8.42 Å². The molecule has 1 aromatic carbocycles. The summed E-state index contributed by atoms with van der Waals surface area (Å²) in [5.74, 6) is 0.352. The van der Waals surface area contributed by atoms with Crippen LogP contribution < -0.4 is 10.0 Å². The van der Waals surface area contributed by atoms with E-state index in [1.54, 1.807) is 43.5 Å². The van der Waals surface area contributed by atoms with E-state index in [-0.39, 0.29) is 4.90 Å². The number of aromatic nitrogens is 1. The van der Waals surface area contributed by atoms with Gasteiger partial charge in [-0.3, -0.25) is 4.31 Å². The number of nitrogens with zero attached hydrogens (tertiary/aromatic N) is 2. The number of hydrogen-bond donors (Lipinski definition) is 1. The molecular weight excluding hydrogens is 342 g/mol. The molecule has 20 heavy (non-hydrogen) atoms. The van der Waals surface area contributed by atoms with Gasteiger partial charge in [0.15, 0.2) is 0 Å². The molecule has 1 heterocycles. The smallest absolute Gasteiger partial charge is 0.265 e. The number of hydrogen-bond acceptors (Lipinski definition) is 4. The lowest BCUT2D eigenvalue weighted by Crippen LogP contribution is -2.28. The lowest BCUT2D eigenvalue weighted by Gasteiger charge is -2.20. The Balaban J connectivity index is 2.57. The van der Waals surface area contributed by atoms with Gasteiger partial charge in [-0.2, -0.15) is 0 Å². The Morgan fingerprint density at radius 3 is 2.60 bits per heavy atom. The number of benzene rings is 1. The first-order chi connectivity index (χ1) is 9.34. The Kier molecular flexibility index (Phi) is 4.01. The van der Waals surface area contributed by atoms with Crippen molar-refractivity contribution in [1.29, 1.82) is 0 Å². The third kappa shape index (κ3) is 2.64. The summed E-state index contributed by atoms with van der Waals surface area (Å²) in [5, 5.41) is 0. The molecular formula is C13H14BrN3O2S. The van der Waals surface area contributed by atoms with Gasteiger partial charge < -0.3 is 5.73 Å². The molecule has 7 heteroatoms. The average Bonchev–Trinajstić information content (AvgIpc) is 2.42. The van der Waals surface area contributed by atoms with E-state index in [9.17, 15) is 8.42 Å². The van der Waals surface area contributed by atoms with Gasteiger partial charge in [0, 0.05) is 23.4 Å². The molecule has 5 nitrogen and oxygen atoms in total. The van der Waals surface area contributed by atoms with Gasteiger partial charge in [-0.1, -0.05) is 22.0 Å². The van der Waals surface area contributed by atoms with E-state index in [2.05, 4.69) is 20.9 Å². The second-order valence-electron chi connectivity index (χ2n) is 4.28. The second-order valence-corrected chi connectivity index (χ2v) is 7.13. The molecule has 106 valence electrons. The van der Waals surface area contributed by atoms with Crippen molar-refractivity contribution in [2.45, 2.75) is 11.8 Å². The van der Waals surface area contributed by atoms with Crippen molar-refractivity contribution in [3.8, 4) is 0 Å². The topological polar surface area (TPSA) is 76.3 Å². The minimum Gasteiger partial charge on any atom is -0.398 e. The molecule has 2 N–H and O–H groups in total. The molecule has 0 spiro atoms. The lowest BCUT2D eigenvalue weighted by molar-refractivity contribution is 0.593. The molecule has 0 aliphatic rings. The largest absolute Gasteiger partial charge is 0.398 e.